The van der Waals surface area contributed by atoms with Gasteiger partial charge in [0.15, 0.2) is 0 Å². The number of nitrogens with two attached hydrogens (primary N) is 1. The van der Waals surface area contributed by atoms with Crippen molar-refractivity contribution in [2.24, 2.45) is 5.73 Å². The third-order valence-electron chi connectivity index (χ3n) is 2.64. The number of hydrogen-bond acceptors (Lipinski definition) is 5. The highest BCUT2D eigenvalue weighted by Gasteiger charge is 2.24. The Morgan fingerprint density at radius 2 is 2.06 bits per heavy atom. The molecule has 1 saturated heterocycles. The molecule has 0 saturated carbocycles. The van der Waals surface area contributed by atoms with Crippen LogP contribution >= 0.6 is 12.2 Å². The zero-order valence-electron chi connectivity index (χ0n) is 10.3. The molecule has 0 amide bonds. The first-order valence-electron chi connectivity index (χ1n) is 5.75. The lowest BCUT2D eigenvalue weighted by atomic mass is 10.2. The Labute approximate surface area is 107 Å². The summed E-state index contributed by atoms with van der Waals surface area (Å²) in [4.78, 5) is 14.1. The Balaban J connectivity index is 2.97. The van der Waals surface area contributed by atoms with Crippen LogP contribution in [0.5, 0.6) is 0 Å². The maximum atomic E-state index is 11.8. The molecule has 96 valence electrons. The first-order valence-corrected chi connectivity index (χ1v) is 6.16. The summed E-state index contributed by atoms with van der Waals surface area (Å²) in [5.74, 6) is -0.0449. The lowest BCUT2D eigenvalue weighted by Crippen LogP contribution is -2.34. The zero-order valence-corrected chi connectivity index (χ0v) is 11.1. The summed E-state index contributed by atoms with van der Waals surface area (Å²) in [5.41, 5.74) is 6.28. The molecule has 0 aromatic carbocycles. The number of thiocarbonyl (C=S) groups is 1. The van der Waals surface area contributed by atoms with Gasteiger partial charge >= 0.3 is 5.97 Å². The molecular formula is C11H19N3O2S. The summed E-state index contributed by atoms with van der Waals surface area (Å²) >= 11 is 5.10. The fraction of sp³-hybridized carbons (Fsp3) is 0.636. The average Bonchev–Trinajstić information content (AvgIpc) is 2.82. The van der Waals surface area contributed by atoms with Crippen molar-refractivity contribution in [3.63, 3.8) is 0 Å². The molecular weight excluding hydrogens is 238 g/mol. The lowest BCUT2D eigenvalue weighted by Gasteiger charge is -2.21. The highest BCUT2D eigenvalue weighted by atomic mass is 32.1. The van der Waals surface area contributed by atoms with Crippen LogP contribution in [0.15, 0.2) is 11.4 Å². The van der Waals surface area contributed by atoms with Gasteiger partial charge in [-0.25, -0.2) is 4.79 Å². The average molecular weight is 257 g/mol. The standard InChI is InChI=1S/C11H19N3O2S/c1-3-16-11(15)8(10(17)13-2)9(12)14-6-4-5-7-14/h3-7,12H2,1-2H3,(H,13,17)/b9-8-. The second-order valence-corrected chi connectivity index (χ2v) is 4.16. The van der Waals surface area contributed by atoms with E-state index in [0.717, 1.165) is 25.9 Å². The number of ether oxygens (including phenoxy) is 1. The number of likely N-dealkylation sites (N-methyl/N-ethyl adjacent to an activating group) is 1. The van der Waals surface area contributed by atoms with Gasteiger partial charge in [-0.1, -0.05) is 12.2 Å². The van der Waals surface area contributed by atoms with Crippen molar-refractivity contribution in [1.82, 2.24) is 10.2 Å². The second-order valence-electron chi connectivity index (χ2n) is 3.75. The molecule has 0 aromatic heterocycles. The van der Waals surface area contributed by atoms with E-state index in [4.69, 9.17) is 22.7 Å². The molecule has 1 fully saturated rings. The number of nitrogens with one attached hydrogen (secondary N) is 1. The summed E-state index contributed by atoms with van der Waals surface area (Å²) in [5, 5.41) is 2.77. The summed E-state index contributed by atoms with van der Waals surface area (Å²) < 4.78 is 4.98. The summed E-state index contributed by atoms with van der Waals surface area (Å²) in [7, 11) is 1.67. The monoisotopic (exact) mass is 257 g/mol. The van der Waals surface area contributed by atoms with Crippen LogP contribution in [0.2, 0.25) is 0 Å². The largest absolute Gasteiger partial charge is 0.462 e. The smallest absolute Gasteiger partial charge is 0.344 e. The number of carbonyl (C=O) groups excluding carboxylic acids is 1. The zero-order chi connectivity index (χ0) is 12.8. The van der Waals surface area contributed by atoms with Crippen molar-refractivity contribution in [1.29, 1.82) is 0 Å². The van der Waals surface area contributed by atoms with Crippen LogP contribution in [-0.2, 0) is 9.53 Å². The predicted molar refractivity (Wildman–Crippen MR) is 70.3 cm³/mol. The van der Waals surface area contributed by atoms with Crippen LogP contribution < -0.4 is 11.1 Å². The van der Waals surface area contributed by atoms with E-state index in [1.165, 1.54) is 0 Å². The van der Waals surface area contributed by atoms with E-state index in [1.807, 2.05) is 4.90 Å². The summed E-state index contributed by atoms with van der Waals surface area (Å²) in [6.45, 7) is 3.79. The van der Waals surface area contributed by atoms with Gasteiger partial charge in [-0.15, -0.1) is 0 Å². The SMILES string of the molecule is CCOC(=O)/C(C(=S)NC)=C(/N)N1CCCC1. The van der Waals surface area contributed by atoms with Crippen LogP contribution in [0.25, 0.3) is 0 Å². The second kappa shape index (κ2) is 6.44. The number of likely N-dealkylation sites (tertiary alicyclic amines) is 1. The Morgan fingerprint density at radius 3 is 2.53 bits per heavy atom. The number of rotatable bonds is 4. The molecule has 0 unspecified atom stereocenters. The van der Waals surface area contributed by atoms with Crippen LogP contribution in [0.3, 0.4) is 0 Å². The minimum absolute atomic E-state index is 0.270. The molecule has 1 aliphatic rings. The van der Waals surface area contributed by atoms with Crippen LogP contribution in [-0.4, -0.2) is 42.6 Å². The fourth-order valence-corrected chi connectivity index (χ4v) is 1.95. The minimum Gasteiger partial charge on any atom is -0.462 e. The topological polar surface area (TPSA) is 67.6 Å². The molecule has 0 bridgehead atoms. The van der Waals surface area contributed by atoms with Gasteiger partial charge in [0.25, 0.3) is 0 Å². The van der Waals surface area contributed by atoms with Crippen molar-refractivity contribution < 1.29 is 9.53 Å². The lowest BCUT2D eigenvalue weighted by molar-refractivity contribution is -0.138. The van der Waals surface area contributed by atoms with Crippen molar-refractivity contribution in [2.75, 3.05) is 26.7 Å². The highest BCUT2D eigenvalue weighted by molar-refractivity contribution is 7.80. The van der Waals surface area contributed by atoms with Gasteiger partial charge in [0.1, 0.15) is 16.4 Å². The van der Waals surface area contributed by atoms with Crippen LogP contribution in [0.4, 0.5) is 0 Å². The van der Waals surface area contributed by atoms with Gasteiger partial charge in [0.05, 0.1) is 6.61 Å². The van der Waals surface area contributed by atoms with Gasteiger partial charge in [-0.05, 0) is 19.8 Å². The number of hydrogen-bond donors (Lipinski definition) is 2. The summed E-state index contributed by atoms with van der Waals surface area (Å²) in [6, 6.07) is 0. The van der Waals surface area contributed by atoms with Crippen molar-refractivity contribution in [3.8, 4) is 0 Å². The van der Waals surface area contributed by atoms with Gasteiger partial charge in [0, 0.05) is 20.1 Å². The van der Waals surface area contributed by atoms with Gasteiger partial charge in [-0.3, -0.25) is 0 Å². The highest BCUT2D eigenvalue weighted by Crippen LogP contribution is 2.15. The Bertz CT molecular complexity index is 336. The molecule has 1 heterocycles. The van der Waals surface area contributed by atoms with E-state index in [0.29, 0.717) is 17.4 Å². The van der Waals surface area contributed by atoms with E-state index in [9.17, 15) is 4.79 Å². The molecule has 0 aliphatic carbocycles. The number of nitrogens with zero attached hydrogens (tertiary/aromatic N) is 1. The molecule has 0 atom stereocenters. The first kappa shape index (κ1) is 13.8. The van der Waals surface area contributed by atoms with Crippen molar-refractivity contribution in [3.05, 3.63) is 11.4 Å². The minimum atomic E-state index is -0.462. The van der Waals surface area contributed by atoms with E-state index in [1.54, 1.807) is 14.0 Å². The van der Waals surface area contributed by atoms with Crippen LogP contribution in [0.1, 0.15) is 19.8 Å². The van der Waals surface area contributed by atoms with E-state index < -0.39 is 5.97 Å². The molecule has 5 nitrogen and oxygen atoms in total. The third-order valence-corrected chi connectivity index (χ3v) is 3.04. The Kier molecular flexibility index (Phi) is 5.21. The molecule has 1 aliphatic heterocycles. The Hall–Kier alpha value is -1.30. The van der Waals surface area contributed by atoms with E-state index in [-0.39, 0.29) is 5.57 Å². The molecule has 6 heteroatoms. The molecule has 17 heavy (non-hydrogen) atoms. The molecule has 1 rings (SSSR count). The third kappa shape index (κ3) is 3.33. The predicted octanol–water partition coefficient (Wildman–Crippen LogP) is 0.362. The van der Waals surface area contributed by atoms with Crippen molar-refractivity contribution in [2.45, 2.75) is 19.8 Å². The molecule has 0 aromatic rings. The van der Waals surface area contributed by atoms with Crippen molar-refractivity contribution >= 4 is 23.2 Å². The van der Waals surface area contributed by atoms with Gasteiger partial charge in [-0.2, -0.15) is 0 Å². The molecule has 0 spiro atoms. The fourth-order valence-electron chi connectivity index (χ4n) is 1.76. The van der Waals surface area contributed by atoms with Crippen LogP contribution in [0, 0.1) is 0 Å². The van der Waals surface area contributed by atoms with E-state index in [2.05, 4.69) is 5.32 Å². The summed E-state index contributed by atoms with van der Waals surface area (Å²) in [6.07, 6.45) is 2.17. The first-order chi connectivity index (χ1) is 8.11. The maximum absolute atomic E-state index is 11.8. The maximum Gasteiger partial charge on any atom is 0.344 e. The molecule has 0 radical (unpaired) electrons. The van der Waals surface area contributed by atoms with Gasteiger partial charge < -0.3 is 20.7 Å². The number of carbonyl (C=O) groups is 1. The molecule has 3 N–H and O–H groups in total. The number of esters is 1. The van der Waals surface area contributed by atoms with Gasteiger partial charge in [0.2, 0.25) is 0 Å². The van der Waals surface area contributed by atoms with E-state index >= 15 is 0 Å². The Morgan fingerprint density at radius 1 is 1.47 bits per heavy atom. The quantitative estimate of drug-likeness (QED) is 0.431. The normalized spacial score (nSPS) is 16.5.